The van der Waals surface area contributed by atoms with Crippen molar-refractivity contribution < 1.29 is 14.7 Å². The third-order valence-corrected chi connectivity index (χ3v) is 7.20. The molecule has 4 rings (SSSR count). The molecule has 37 heavy (non-hydrogen) atoms. The highest BCUT2D eigenvalue weighted by Gasteiger charge is 2.19. The van der Waals surface area contributed by atoms with Gasteiger partial charge in [-0.15, -0.1) is 0 Å². The van der Waals surface area contributed by atoms with Gasteiger partial charge in [0.1, 0.15) is 0 Å². The van der Waals surface area contributed by atoms with Crippen LogP contribution in [0.4, 0.5) is 0 Å². The van der Waals surface area contributed by atoms with Gasteiger partial charge in [-0.25, -0.2) is 0 Å². The Labute approximate surface area is 221 Å². The maximum absolute atomic E-state index is 11.2. The SMILES string of the molecule is CCCCCC(C)CCC(=O)O.Cc1ccc(-c2cccc3cccc(C(NC=O)=C4CCC4)c23)cc1. The molecular weight excluding hydrogens is 458 g/mol. The Morgan fingerprint density at radius 1 is 1.00 bits per heavy atom. The van der Waals surface area contributed by atoms with E-state index in [9.17, 15) is 9.59 Å². The Kier molecular flexibility index (Phi) is 10.9. The molecule has 0 aromatic heterocycles. The number of carbonyl (C=O) groups excluding carboxylic acids is 1. The van der Waals surface area contributed by atoms with E-state index in [0.29, 0.717) is 12.3 Å². The largest absolute Gasteiger partial charge is 0.481 e. The van der Waals surface area contributed by atoms with Gasteiger partial charge in [0.15, 0.2) is 0 Å². The van der Waals surface area contributed by atoms with Crippen molar-refractivity contribution in [1.82, 2.24) is 5.32 Å². The summed E-state index contributed by atoms with van der Waals surface area (Å²) in [6.07, 6.45) is 10.2. The summed E-state index contributed by atoms with van der Waals surface area (Å²) in [5, 5.41) is 13.8. The molecule has 196 valence electrons. The van der Waals surface area contributed by atoms with Gasteiger partial charge in [0.2, 0.25) is 6.41 Å². The van der Waals surface area contributed by atoms with Crippen LogP contribution in [0.1, 0.15) is 82.8 Å². The van der Waals surface area contributed by atoms with Gasteiger partial charge in [-0.3, -0.25) is 9.59 Å². The first-order chi connectivity index (χ1) is 17.9. The maximum Gasteiger partial charge on any atom is 0.303 e. The minimum absolute atomic E-state index is 0.327. The van der Waals surface area contributed by atoms with Crippen molar-refractivity contribution in [2.75, 3.05) is 0 Å². The monoisotopic (exact) mass is 499 g/mol. The van der Waals surface area contributed by atoms with Crippen molar-refractivity contribution in [3.63, 3.8) is 0 Å². The van der Waals surface area contributed by atoms with E-state index in [0.717, 1.165) is 36.9 Å². The van der Waals surface area contributed by atoms with E-state index in [4.69, 9.17) is 5.11 Å². The fourth-order valence-electron chi connectivity index (χ4n) is 4.81. The molecular formula is C33H41NO3. The van der Waals surface area contributed by atoms with Crippen molar-refractivity contribution in [1.29, 1.82) is 0 Å². The summed E-state index contributed by atoms with van der Waals surface area (Å²) in [5.74, 6) is -0.0926. The average molecular weight is 500 g/mol. The van der Waals surface area contributed by atoms with Crippen molar-refractivity contribution in [3.05, 3.63) is 77.4 Å². The molecule has 3 aromatic carbocycles. The van der Waals surface area contributed by atoms with Crippen LogP contribution < -0.4 is 5.32 Å². The third kappa shape index (κ3) is 8.04. The summed E-state index contributed by atoms with van der Waals surface area (Å²) in [6, 6.07) is 21.4. The van der Waals surface area contributed by atoms with Gasteiger partial charge in [-0.05, 0) is 66.0 Å². The second-order valence-corrected chi connectivity index (χ2v) is 10.2. The smallest absolute Gasteiger partial charge is 0.303 e. The molecule has 0 radical (unpaired) electrons. The van der Waals surface area contributed by atoms with Crippen LogP contribution in [0, 0.1) is 12.8 Å². The number of unbranched alkanes of at least 4 members (excludes halogenated alkanes) is 2. The summed E-state index contributed by atoms with van der Waals surface area (Å²) in [4.78, 5) is 21.4. The zero-order chi connectivity index (χ0) is 26.6. The summed E-state index contributed by atoms with van der Waals surface area (Å²) in [5.41, 5.74) is 7.12. The molecule has 2 N–H and O–H groups in total. The summed E-state index contributed by atoms with van der Waals surface area (Å²) < 4.78 is 0. The van der Waals surface area contributed by atoms with Gasteiger partial charge in [-0.2, -0.15) is 0 Å². The number of rotatable bonds is 11. The Morgan fingerprint density at radius 3 is 2.30 bits per heavy atom. The Bertz CT molecular complexity index is 1200. The van der Waals surface area contributed by atoms with E-state index >= 15 is 0 Å². The molecule has 1 aliphatic rings. The highest BCUT2D eigenvalue weighted by Crippen LogP contribution is 2.38. The molecule has 1 fully saturated rings. The number of carbonyl (C=O) groups is 2. The Hall–Kier alpha value is -3.40. The number of hydrogen-bond acceptors (Lipinski definition) is 2. The van der Waals surface area contributed by atoms with Crippen LogP contribution >= 0.6 is 0 Å². The first kappa shape index (κ1) is 28.2. The van der Waals surface area contributed by atoms with Crippen LogP contribution in [-0.4, -0.2) is 17.5 Å². The number of hydrogen-bond donors (Lipinski definition) is 2. The Balaban J connectivity index is 0.000000270. The lowest BCUT2D eigenvalue weighted by atomic mass is 9.85. The lowest BCUT2D eigenvalue weighted by molar-refractivity contribution is -0.137. The van der Waals surface area contributed by atoms with Gasteiger partial charge in [0.25, 0.3) is 0 Å². The van der Waals surface area contributed by atoms with Crippen LogP contribution in [0.5, 0.6) is 0 Å². The third-order valence-electron chi connectivity index (χ3n) is 7.20. The number of carboxylic acids is 1. The minimum Gasteiger partial charge on any atom is -0.481 e. The number of nitrogens with one attached hydrogen (secondary N) is 1. The summed E-state index contributed by atoms with van der Waals surface area (Å²) >= 11 is 0. The van der Waals surface area contributed by atoms with Crippen molar-refractivity contribution in [2.24, 2.45) is 5.92 Å². The molecule has 1 unspecified atom stereocenters. The predicted octanol–water partition coefficient (Wildman–Crippen LogP) is 8.52. The van der Waals surface area contributed by atoms with Gasteiger partial charge in [0.05, 0.1) is 0 Å². The van der Waals surface area contributed by atoms with E-state index in [1.54, 1.807) is 0 Å². The quantitative estimate of drug-likeness (QED) is 0.205. The van der Waals surface area contributed by atoms with Crippen LogP contribution in [0.15, 0.2) is 66.2 Å². The number of amides is 1. The van der Waals surface area contributed by atoms with Gasteiger partial charge in [-0.1, -0.05) is 106 Å². The lowest BCUT2D eigenvalue weighted by Gasteiger charge is -2.23. The second-order valence-electron chi connectivity index (χ2n) is 10.2. The first-order valence-corrected chi connectivity index (χ1v) is 13.7. The fourth-order valence-corrected chi connectivity index (χ4v) is 4.81. The molecule has 4 heteroatoms. The molecule has 0 saturated heterocycles. The van der Waals surface area contributed by atoms with E-state index < -0.39 is 5.97 Å². The van der Waals surface area contributed by atoms with E-state index in [1.165, 1.54) is 65.1 Å². The van der Waals surface area contributed by atoms with Crippen LogP contribution in [0.25, 0.3) is 27.6 Å². The van der Waals surface area contributed by atoms with Gasteiger partial charge < -0.3 is 10.4 Å². The fraction of sp³-hybridized carbons (Fsp3) is 0.394. The van der Waals surface area contributed by atoms with Crippen LogP contribution in [-0.2, 0) is 9.59 Å². The topological polar surface area (TPSA) is 66.4 Å². The van der Waals surface area contributed by atoms with Crippen LogP contribution in [0.3, 0.4) is 0 Å². The number of allylic oxidation sites excluding steroid dienone is 1. The zero-order valence-corrected chi connectivity index (χ0v) is 22.6. The van der Waals surface area contributed by atoms with E-state index in [1.807, 2.05) is 0 Å². The average Bonchev–Trinajstić information content (AvgIpc) is 2.86. The van der Waals surface area contributed by atoms with Gasteiger partial charge in [0, 0.05) is 17.7 Å². The molecule has 4 nitrogen and oxygen atoms in total. The molecule has 1 aliphatic carbocycles. The summed E-state index contributed by atoms with van der Waals surface area (Å²) in [6.45, 7) is 6.42. The lowest BCUT2D eigenvalue weighted by Crippen LogP contribution is -2.15. The van der Waals surface area contributed by atoms with E-state index in [-0.39, 0.29) is 0 Å². The second kappa shape index (κ2) is 14.4. The standard InChI is InChI=1S/C23H21NO.C10H20O2/c1-16-11-13-17(14-12-16)20-9-3-5-18-6-4-10-21(22(18)20)23(24-15-25)19-7-2-8-19;1-3-4-5-6-9(2)7-8-10(11)12/h3-6,9-15H,2,7-8H2,1H3,(H,24,25);9H,3-8H2,1-2H3,(H,11,12). The number of benzene rings is 3. The molecule has 1 atom stereocenters. The maximum atomic E-state index is 11.2. The highest BCUT2D eigenvalue weighted by molar-refractivity contribution is 6.04. The number of carboxylic acid groups (broad SMARTS) is 1. The number of aliphatic carboxylic acids is 1. The normalized spacial score (nSPS) is 13.2. The van der Waals surface area contributed by atoms with Crippen LogP contribution in [0.2, 0.25) is 0 Å². The minimum atomic E-state index is -0.669. The molecule has 0 spiro atoms. The molecule has 1 saturated carbocycles. The molecule has 0 aliphatic heterocycles. The Morgan fingerprint density at radius 2 is 1.70 bits per heavy atom. The number of fused-ring (bicyclic) bond motifs is 1. The molecule has 1 amide bonds. The van der Waals surface area contributed by atoms with E-state index in [2.05, 4.69) is 86.8 Å². The van der Waals surface area contributed by atoms with Crippen molar-refractivity contribution in [3.8, 4) is 11.1 Å². The van der Waals surface area contributed by atoms with Gasteiger partial charge >= 0.3 is 5.97 Å². The van der Waals surface area contributed by atoms with Crippen molar-refractivity contribution in [2.45, 2.75) is 78.6 Å². The van der Waals surface area contributed by atoms with Crippen molar-refractivity contribution >= 4 is 28.8 Å². The highest BCUT2D eigenvalue weighted by atomic mass is 16.4. The molecule has 0 heterocycles. The molecule has 3 aromatic rings. The first-order valence-electron chi connectivity index (χ1n) is 13.7. The predicted molar refractivity (Wildman–Crippen MR) is 154 cm³/mol. The number of aryl methyl sites for hydroxylation is 1. The zero-order valence-electron chi connectivity index (χ0n) is 22.6. The molecule has 0 bridgehead atoms. The summed E-state index contributed by atoms with van der Waals surface area (Å²) in [7, 11) is 0.